The molecule has 1 aliphatic rings. The summed E-state index contributed by atoms with van der Waals surface area (Å²) in [4.78, 5) is 26.7. The van der Waals surface area contributed by atoms with Gasteiger partial charge in [-0.15, -0.1) is 0 Å². The molecule has 2 N–H and O–H groups in total. The van der Waals surface area contributed by atoms with Crippen LogP contribution in [-0.4, -0.2) is 49.0 Å². The topological polar surface area (TPSA) is 70.7 Å². The fraction of sp³-hybridized carbons (Fsp3) is 0.417. The summed E-state index contributed by atoms with van der Waals surface area (Å²) in [6.07, 6.45) is -2.98. The predicted octanol–water partition coefficient (Wildman–Crippen LogP) is 3.61. The summed E-state index contributed by atoms with van der Waals surface area (Å²) in [7, 11) is 0. The number of para-hydroxylation sites is 1. The SMILES string of the molecule is CCOc1ccccc1C(=O)NCC(=O)NC1CCN(Cc2cccc(C(F)(F)F)c2)CC1. The predicted molar refractivity (Wildman–Crippen MR) is 118 cm³/mol. The third-order valence-corrected chi connectivity index (χ3v) is 5.45. The average Bonchev–Trinajstić information content (AvgIpc) is 2.79. The van der Waals surface area contributed by atoms with Crippen LogP contribution in [0.1, 0.15) is 41.3 Å². The normalized spacial score (nSPS) is 15.2. The molecule has 0 saturated carbocycles. The summed E-state index contributed by atoms with van der Waals surface area (Å²) in [5.41, 5.74) is 0.338. The van der Waals surface area contributed by atoms with Crippen LogP contribution in [0.25, 0.3) is 0 Å². The maximum Gasteiger partial charge on any atom is 0.416 e. The van der Waals surface area contributed by atoms with Crippen molar-refractivity contribution in [3.8, 4) is 5.75 Å². The van der Waals surface area contributed by atoms with Crippen molar-refractivity contribution in [3.63, 3.8) is 0 Å². The molecule has 6 nitrogen and oxygen atoms in total. The second-order valence-electron chi connectivity index (χ2n) is 7.93. The van der Waals surface area contributed by atoms with E-state index in [0.717, 1.165) is 6.07 Å². The highest BCUT2D eigenvalue weighted by molar-refractivity contribution is 5.98. The lowest BCUT2D eigenvalue weighted by molar-refractivity contribution is -0.137. The molecule has 0 bridgehead atoms. The van der Waals surface area contributed by atoms with Gasteiger partial charge in [-0.1, -0.05) is 30.3 Å². The van der Waals surface area contributed by atoms with Gasteiger partial charge in [0, 0.05) is 25.7 Å². The van der Waals surface area contributed by atoms with Crippen molar-refractivity contribution in [1.29, 1.82) is 0 Å². The maximum absolute atomic E-state index is 12.9. The van der Waals surface area contributed by atoms with Crippen LogP contribution < -0.4 is 15.4 Å². The molecule has 0 atom stereocenters. The number of hydrogen-bond acceptors (Lipinski definition) is 4. The van der Waals surface area contributed by atoms with E-state index in [9.17, 15) is 22.8 Å². The van der Waals surface area contributed by atoms with Crippen molar-refractivity contribution >= 4 is 11.8 Å². The molecule has 2 aromatic rings. The molecular formula is C24H28F3N3O3. The second-order valence-corrected chi connectivity index (χ2v) is 7.93. The van der Waals surface area contributed by atoms with Gasteiger partial charge in [-0.05, 0) is 43.5 Å². The minimum Gasteiger partial charge on any atom is -0.493 e. The Morgan fingerprint density at radius 1 is 1.09 bits per heavy atom. The van der Waals surface area contributed by atoms with Crippen LogP contribution in [0.15, 0.2) is 48.5 Å². The molecule has 33 heavy (non-hydrogen) atoms. The molecule has 1 heterocycles. The Morgan fingerprint density at radius 3 is 2.52 bits per heavy atom. The molecule has 1 fully saturated rings. The van der Waals surface area contributed by atoms with Crippen molar-refractivity contribution in [2.45, 2.75) is 38.5 Å². The highest BCUT2D eigenvalue weighted by Crippen LogP contribution is 2.30. The number of piperidine rings is 1. The third kappa shape index (κ3) is 7.21. The summed E-state index contributed by atoms with van der Waals surface area (Å²) in [6, 6.07) is 12.2. The fourth-order valence-electron chi connectivity index (χ4n) is 3.81. The molecule has 0 radical (unpaired) electrons. The lowest BCUT2D eigenvalue weighted by Crippen LogP contribution is -2.47. The Balaban J connectivity index is 1.42. The quantitative estimate of drug-likeness (QED) is 0.628. The molecule has 1 saturated heterocycles. The van der Waals surface area contributed by atoms with E-state index >= 15 is 0 Å². The van der Waals surface area contributed by atoms with Crippen molar-refractivity contribution < 1.29 is 27.5 Å². The van der Waals surface area contributed by atoms with Crippen LogP contribution >= 0.6 is 0 Å². The van der Waals surface area contributed by atoms with Gasteiger partial charge in [0.25, 0.3) is 5.91 Å². The second kappa shape index (κ2) is 11.2. The highest BCUT2D eigenvalue weighted by Gasteiger charge is 2.30. The van der Waals surface area contributed by atoms with E-state index in [4.69, 9.17) is 4.74 Å². The number of nitrogens with zero attached hydrogens (tertiary/aromatic N) is 1. The molecule has 2 amide bonds. The largest absolute Gasteiger partial charge is 0.493 e. The number of rotatable bonds is 8. The number of amides is 2. The zero-order chi connectivity index (χ0) is 23.8. The Bertz CT molecular complexity index is 957. The van der Waals surface area contributed by atoms with Gasteiger partial charge in [-0.2, -0.15) is 13.2 Å². The first-order valence-corrected chi connectivity index (χ1v) is 10.9. The van der Waals surface area contributed by atoms with E-state index in [0.29, 0.717) is 56.0 Å². The van der Waals surface area contributed by atoms with Crippen LogP contribution in [0.2, 0.25) is 0 Å². The van der Waals surface area contributed by atoms with Crippen molar-refractivity contribution in [2.75, 3.05) is 26.2 Å². The van der Waals surface area contributed by atoms with Gasteiger partial charge in [0.05, 0.1) is 24.3 Å². The van der Waals surface area contributed by atoms with Gasteiger partial charge in [0.2, 0.25) is 5.91 Å². The maximum atomic E-state index is 12.9. The molecular weight excluding hydrogens is 435 g/mol. The Labute approximate surface area is 191 Å². The summed E-state index contributed by atoms with van der Waals surface area (Å²) < 4.78 is 44.1. The fourth-order valence-corrected chi connectivity index (χ4v) is 3.81. The minimum absolute atomic E-state index is 0.0390. The summed E-state index contributed by atoms with van der Waals surface area (Å²) in [6.45, 7) is 3.86. The first kappa shape index (κ1) is 24.6. The van der Waals surface area contributed by atoms with E-state index < -0.39 is 11.7 Å². The van der Waals surface area contributed by atoms with Crippen molar-refractivity contribution in [1.82, 2.24) is 15.5 Å². The van der Waals surface area contributed by atoms with E-state index in [1.807, 2.05) is 6.92 Å². The molecule has 0 aliphatic carbocycles. The number of likely N-dealkylation sites (tertiary alicyclic amines) is 1. The summed E-state index contributed by atoms with van der Waals surface area (Å²) >= 11 is 0. The average molecular weight is 464 g/mol. The zero-order valence-electron chi connectivity index (χ0n) is 18.5. The van der Waals surface area contributed by atoms with Crippen molar-refractivity contribution in [2.24, 2.45) is 0 Å². The number of carbonyl (C=O) groups is 2. The standard InChI is InChI=1S/C24H28F3N3O3/c1-2-33-21-9-4-3-8-20(21)23(32)28-15-22(31)29-19-10-12-30(13-11-19)16-17-6-5-7-18(14-17)24(25,26)27/h3-9,14,19H,2,10-13,15-16H2,1H3,(H,28,32)(H,29,31). The van der Waals surface area contributed by atoms with E-state index in [-0.39, 0.29) is 24.4 Å². The van der Waals surface area contributed by atoms with Crippen molar-refractivity contribution in [3.05, 3.63) is 65.2 Å². The van der Waals surface area contributed by atoms with E-state index in [1.54, 1.807) is 30.3 Å². The number of halogens is 3. The van der Waals surface area contributed by atoms with Crippen LogP contribution in [0.3, 0.4) is 0 Å². The smallest absolute Gasteiger partial charge is 0.416 e. The van der Waals surface area contributed by atoms with Crippen LogP contribution in [0, 0.1) is 0 Å². The minimum atomic E-state index is -4.35. The number of benzene rings is 2. The molecule has 178 valence electrons. The van der Waals surface area contributed by atoms with Gasteiger partial charge in [-0.3, -0.25) is 14.5 Å². The van der Waals surface area contributed by atoms with Gasteiger partial charge >= 0.3 is 6.18 Å². The molecule has 3 rings (SSSR count). The molecule has 9 heteroatoms. The van der Waals surface area contributed by atoms with E-state index in [2.05, 4.69) is 15.5 Å². The number of carbonyl (C=O) groups excluding carboxylic acids is 2. The number of alkyl halides is 3. The van der Waals surface area contributed by atoms with Crippen LogP contribution in [0.4, 0.5) is 13.2 Å². The lowest BCUT2D eigenvalue weighted by atomic mass is 10.0. The zero-order valence-corrected chi connectivity index (χ0v) is 18.5. The number of ether oxygens (including phenoxy) is 1. The first-order chi connectivity index (χ1) is 15.8. The van der Waals surface area contributed by atoms with Gasteiger partial charge in [-0.25, -0.2) is 0 Å². The van der Waals surface area contributed by atoms with Crippen LogP contribution in [0.5, 0.6) is 5.75 Å². The Hall–Kier alpha value is -3.07. The van der Waals surface area contributed by atoms with Gasteiger partial charge in [0.1, 0.15) is 5.75 Å². The molecule has 0 unspecified atom stereocenters. The molecule has 0 spiro atoms. The van der Waals surface area contributed by atoms with Crippen LogP contribution in [-0.2, 0) is 17.5 Å². The van der Waals surface area contributed by atoms with Gasteiger partial charge in [0.15, 0.2) is 0 Å². The summed E-state index contributed by atoms with van der Waals surface area (Å²) in [5.74, 6) is -0.204. The lowest BCUT2D eigenvalue weighted by Gasteiger charge is -2.32. The Kier molecular flexibility index (Phi) is 8.32. The monoisotopic (exact) mass is 463 g/mol. The first-order valence-electron chi connectivity index (χ1n) is 10.9. The number of nitrogens with one attached hydrogen (secondary N) is 2. The Morgan fingerprint density at radius 2 is 1.82 bits per heavy atom. The summed E-state index contributed by atoms with van der Waals surface area (Å²) in [5, 5.41) is 5.53. The molecule has 2 aromatic carbocycles. The molecule has 0 aromatic heterocycles. The molecule has 1 aliphatic heterocycles. The third-order valence-electron chi connectivity index (χ3n) is 5.45. The number of hydrogen-bond donors (Lipinski definition) is 2. The van der Waals surface area contributed by atoms with Gasteiger partial charge < -0.3 is 15.4 Å². The van der Waals surface area contributed by atoms with E-state index in [1.165, 1.54) is 12.1 Å². The highest BCUT2D eigenvalue weighted by atomic mass is 19.4.